The number of aromatic nitrogens is 3. The number of unbranched alkanes of at least 4 members (excludes halogenated alkanes) is 3. The molecule has 4 amide bonds. The Morgan fingerprint density at radius 1 is 1.02 bits per heavy atom. The van der Waals surface area contributed by atoms with E-state index in [1.165, 1.54) is 10.8 Å². The molecule has 0 bridgehead atoms. The minimum atomic E-state index is -4.98. The molecule has 58 heavy (non-hydrogen) atoms. The number of nitrogens with one attached hydrogen (secondary N) is 6. The van der Waals surface area contributed by atoms with Crippen molar-refractivity contribution in [2.75, 3.05) is 43.8 Å². The molecule has 3 aliphatic rings. The lowest BCUT2D eigenvalue weighted by molar-refractivity contribution is -0.122. The lowest BCUT2D eigenvalue weighted by atomic mass is 10.0. The molecule has 23 nitrogen and oxygen atoms in total. The topological polar surface area (TPSA) is 359 Å². The van der Waals surface area contributed by atoms with Crippen LogP contribution in [0.4, 0.5) is 10.7 Å². The summed E-state index contributed by atoms with van der Waals surface area (Å²) in [7, 11) is -14.6. The first-order valence-electron chi connectivity index (χ1n) is 18.7. The van der Waals surface area contributed by atoms with Gasteiger partial charge in [-0.3, -0.25) is 33.1 Å². The monoisotopic (exact) mass is 877 g/mol. The SMILES string of the molecule is Nc1nc2c(c(C#CCNC(=O)CCCCCNC(=O)CCCCC3NCC4NC(=O)NC34)cn2[C@H]2CC(O)[C@@H](COP(=O)(O)CP(=O)(O)CP(=O)(O)O)O2)c(=O)[nH]1. The van der Waals surface area contributed by atoms with Gasteiger partial charge in [-0.25, -0.2) is 4.79 Å². The van der Waals surface area contributed by atoms with Crippen molar-refractivity contribution in [1.29, 1.82) is 0 Å². The van der Waals surface area contributed by atoms with Crippen molar-refractivity contribution < 1.29 is 62.0 Å². The fourth-order valence-corrected chi connectivity index (χ4v) is 13.5. The van der Waals surface area contributed by atoms with Crippen molar-refractivity contribution in [3.05, 3.63) is 22.1 Å². The van der Waals surface area contributed by atoms with Gasteiger partial charge in [0.1, 0.15) is 24.1 Å². The van der Waals surface area contributed by atoms with Crippen molar-refractivity contribution in [2.24, 2.45) is 0 Å². The molecule has 0 aromatic carbocycles. The molecular formula is C32H50N9O14P3. The predicted molar refractivity (Wildman–Crippen MR) is 208 cm³/mol. The number of H-pyrrole nitrogens is 1. The molecule has 322 valence electrons. The molecule has 0 aliphatic carbocycles. The van der Waals surface area contributed by atoms with Crippen LogP contribution in [-0.2, 0) is 32.5 Å². The van der Waals surface area contributed by atoms with Gasteiger partial charge in [0.05, 0.1) is 42.3 Å². The molecule has 0 radical (unpaired) electrons. The van der Waals surface area contributed by atoms with Gasteiger partial charge >= 0.3 is 21.2 Å². The van der Waals surface area contributed by atoms with Gasteiger partial charge < -0.3 is 70.8 Å². The number of nitrogens with zero attached hydrogens (tertiary/aromatic N) is 2. The number of hydrogen-bond donors (Lipinski definition) is 12. The van der Waals surface area contributed by atoms with E-state index in [9.17, 15) is 47.8 Å². The van der Waals surface area contributed by atoms with Gasteiger partial charge in [-0.15, -0.1) is 0 Å². The summed E-state index contributed by atoms with van der Waals surface area (Å²) >= 11 is 0. The fraction of sp³-hybridized carbons (Fsp3) is 0.656. The van der Waals surface area contributed by atoms with E-state index in [1.54, 1.807) is 0 Å². The summed E-state index contributed by atoms with van der Waals surface area (Å²) in [5.41, 5.74) is 5.40. The van der Waals surface area contributed by atoms with Gasteiger partial charge in [0.25, 0.3) is 5.56 Å². The molecule has 5 heterocycles. The summed E-state index contributed by atoms with van der Waals surface area (Å²) in [6.07, 6.45) is 2.98. The van der Waals surface area contributed by atoms with Gasteiger partial charge in [-0.2, -0.15) is 4.98 Å². The molecule has 3 aliphatic heterocycles. The number of nitrogens with two attached hydrogens (primary N) is 1. The smallest absolute Gasteiger partial charge is 0.337 e. The number of aliphatic hydroxyl groups excluding tert-OH is 1. The summed E-state index contributed by atoms with van der Waals surface area (Å²) in [6.45, 7) is 0.473. The molecule has 0 saturated carbocycles. The average Bonchev–Trinajstić information content (AvgIpc) is 3.86. The molecule has 26 heteroatoms. The standard InChI is InChI=1S/C32H50N9O14P3/c33-31-39-29-27(30(45)40-31)19(15-41(29)26-13-22(42)23(55-26)16-54-58(52,53)18-56(47,48)17-57(49,50)51)7-6-12-35-24(43)9-2-1-5-11-34-25(44)10-4-3-8-20-28-21(14-36-20)37-32(46)38-28/h15,20-23,26,28,36,42H,1-5,8-14,16-18H2,(H,34,44)(H,35,43)(H,47,48)(H,52,53)(H2,37,38,46)(H2,49,50,51)(H3,33,39,40,45)/t20?,21?,22?,23-,26-,28?/m1/s1. The fourth-order valence-electron chi connectivity index (χ4n) is 7.09. The highest BCUT2D eigenvalue weighted by Gasteiger charge is 2.43. The minimum absolute atomic E-state index is 0.0211. The van der Waals surface area contributed by atoms with Crippen molar-refractivity contribution in [1.82, 2.24) is 41.1 Å². The normalized spacial score (nSPS) is 24.9. The van der Waals surface area contributed by atoms with Gasteiger partial charge in [0, 0.05) is 44.6 Å². The quantitative estimate of drug-likeness (QED) is 0.0442. The lowest BCUT2D eigenvalue weighted by Gasteiger charge is -2.20. The first-order chi connectivity index (χ1) is 27.3. The maximum Gasteiger partial charge on any atom is 0.337 e. The summed E-state index contributed by atoms with van der Waals surface area (Å²) in [5, 5.41) is 25.5. The Labute approximate surface area is 332 Å². The number of urea groups is 1. The van der Waals surface area contributed by atoms with Crippen molar-refractivity contribution in [3.63, 3.8) is 0 Å². The number of rotatable bonds is 20. The first kappa shape index (κ1) is 45.4. The van der Waals surface area contributed by atoms with Crippen LogP contribution in [0, 0.1) is 11.8 Å². The first-order valence-corrected chi connectivity index (χ1v) is 24.3. The van der Waals surface area contributed by atoms with Crippen LogP contribution in [0.15, 0.2) is 11.0 Å². The van der Waals surface area contributed by atoms with Crippen LogP contribution in [0.1, 0.15) is 69.6 Å². The molecular weight excluding hydrogens is 827 g/mol. The molecule has 6 unspecified atom stereocenters. The van der Waals surface area contributed by atoms with Crippen LogP contribution in [0.25, 0.3) is 11.0 Å². The average molecular weight is 878 g/mol. The Bertz CT molecular complexity index is 2100. The summed E-state index contributed by atoms with van der Waals surface area (Å²) < 4.78 is 47.7. The highest BCUT2D eigenvalue weighted by molar-refractivity contribution is 7.79. The molecule has 8 atom stereocenters. The number of amides is 4. The zero-order valence-corrected chi connectivity index (χ0v) is 34.1. The van der Waals surface area contributed by atoms with E-state index in [0.29, 0.717) is 25.8 Å². The van der Waals surface area contributed by atoms with Gasteiger partial charge in [0.2, 0.25) is 25.1 Å². The second-order valence-corrected chi connectivity index (χ2v) is 21.3. The largest absolute Gasteiger partial charge is 0.390 e. The van der Waals surface area contributed by atoms with E-state index in [2.05, 4.69) is 48.4 Å². The highest BCUT2D eigenvalue weighted by atomic mass is 31.3. The van der Waals surface area contributed by atoms with Crippen LogP contribution < -0.4 is 37.9 Å². The predicted octanol–water partition coefficient (Wildman–Crippen LogP) is -0.753. The van der Waals surface area contributed by atoms with E-state index in [4.69, 9.17) is 24.8 Å². The summed E-state index contributed by atoms with van der Waals surface area (Å²) in [4.78, 5) is 93.3. The second-order valence-electron chi connectivity index (χ2n) is 14.5. The molecule has 3 saturated heterocycles. The minimum Gasteiger partial charge on any atom is -0.390 e. The van der Waals surface area contributed by atoms with Crippen LogP contribution >= 0.6 is 22.6 Å². The summed E-state index contributed by atoms with van der Waals surface area (Å²) in [6, 6.07) is 0.277. The molecule has 13 N–H and O–H groups in total. The third-order valence-corrected chi connectivity index (χ3v) is 16.7. The maximum absolute atomic E-state index is 12.9. The van der Waals surface area contributed by atoms with E-state index >= 15 is 0 Å². The van der Waals surface area contributed by atoms with Gasteiger partial charge in [0.15, 0.2) is 5.65 Å². The van der Waals surface area contributed by atoms with Crippen LogP contribution in [0.2, 0.25) is 0 Å². The van der Waals surface area contributed by atoms with Gasteiger partial charge in [-0.1, -0.05) is 24.7 Å². The molecule has 0 spiro atoms. The number of ether oxygens (including phenoxy) is 1. The number of carbonyl (C=O) groups is 3. The third kappa shape index (κ3) is 13.2. The number of aromatic amines is 1. The third-order valence-electron chi connectivity index (χ3n) is 9.71. The molecule has 5 rings (SSSR count). The van der Waals surface area contributed by atoms with E-state index in [1.807, 2.05) is 0 Å². The van der Waals surface area contributed by atoms with Crippen LogP contribution in [-0.4, -0.2) is 125 Å². The number of aliphatic hydroxyl groups is 1. The van der Waals surface area contributed by atoms with Crippen LogP contribution in [0.3, 0.4) is 0 Å². The molecule has 2 aromatic rings. The Hall–Kier alpha value is -3.64. The highest BCUT2D eigenvalue weighted by Crippen LogP contribution is 2.63. The Morgan fingerprint density at radius 3 is 2.48 bits per heavy atom. The Balaban J connectivity index is 1.02. The number of hydrogen-bond acceptors (Lipinski definition) is 13. The number of anilines is 1. The van der Waals surface area contributed by atoms with E-state index in [-0.39, 0.29) is 77.9 Å². The van der Waals surface area contributed by atoms with E-state index < -0.39 is 65.0 Å². The second kappa shape index (κ2) is 19.6. The zero-order valence-electron chi connectivity index (χ0n) is 31.4. The number of carbonyl (C=O) groups excluding carboxylic acids is 3. The lowest BCUT2D eigenvalue weighted by Crippen LogP contribution is -2.40. The molecule has 2 aromatic heterocycles. The maximum atomic E-state index is 12.9. The number of nitrogen functional groups attached to an aromatic ring is 1. The van der Waals surface area contributed by atoms with Crippen molar-refractivity contribution in [2.45, 2.75) is 94.3 Å². The Morgan fingerprint density at radius 2 is 1.74 bits per heavy atom. The van der Waals surface area contributed by atoms with E-state index in [0.717, 1.165) is 32.2 Å². The number of fused-ring (bicyclic) bond motifs is 2. The zero-order chi connectivity index (χ0) is 42.3. The van der Waals surface area contributed by atoms with Gasteiger partial charge in [-0.05, 0) is 25.7 Å². The Kier molecular flexibility index (Phi) is 15.4. The summed E-state index contributed by atoms with van der Waals surface area (Å²) in [5.74, 6) is 2.19. The van der Waals surface area contributed by atoms with Crippen LogP contribution in [0.5, 0.6) is 0 Å². The molecule has 3 fully saturated rings. The van der Waals surface area contributed by atoms with Crippen molar-refractivity contribution in [3.8, 4) is 11.8 Å². The van der Waals surface area contributed by atoms with Crippen molar-refractivity contribution >= 4 is 57.4 Å².